The summed E-state index contributed by atoms with van der Waals surface area (Å²) in [5.41, 5.74) is 0. The average Bonchev–Trinajstić information content (AvgIpc) is 3.44. The van der Waals surface area contributed by atoms with Crippen molar-refractivity contribution in [2.45, 2.75) is 6.04 Å². The third kappa shape index (κ3) is 2.84. The van der Waals surface area contributed by atoms with E-state index in [1.54, 1.807) is 24.7 Å². The molecular formula is C18H19N5O3S. The molecule has 1 fully saturated rings. The maximum absolute atomic E-state index is 10.9. The predicted octanol–water partition coefficient (Wildman–Crippen LogP) is 2.69. The molecule has 9 heteroatoms. The van der Waals surface area contributed by atoms with Gasteiger partial charge in [-0.25, -0.2) is 0 Å². The number of piperazine rings is 1. The summed E-state index contributed by atoms with van der Waals surface area (Å²) in [6.45, 7) is 3.74. The minimum absolute atomic E-state index is 0.0978. The molecular weight excluding hydrogens is 366 g/mol. The summed E-state index contributed by atoms with van der Waals surface area (Å²) in [7, 11) is 2.12. The number of hydrogen-bond acceptors (Lipinski definition) is 8. The lowest BCUT2D eigenvalue weighted by molar-refractivity contribution is 0.117. The van der Waals surface area contributed by atoms with Gasteiger partial charge in [0.25, 0.3) is 0 Å². The first-order valence-electron chi connectivity index (χ1n) is 8.79. The molecule has 1 atom stereocenters. The molecule has 5 rings (SSSR count). The standard InChI is InChI=1S/C18H19N5O3S/c1-21-6-8-22(9-7-21)14(12-4-2-10-25-12)15-17(24)23-18(27-15)19-16(20-23)13-5-3-11-26-13/h2-5,10-11,14,24H,6-9H2,1H3/t14-/m1/s1. The fraction of sp³-hybridized carbons (Fsp3) is 0.333. The second-order valence-electron chi connectivity index (χ2n) is 6.65. The third-order valence-electron chi connectivity index (χ3n) is 4.91. The highest BCUT2D eigenvalue weighted by atomic mass is 32.1. The minimum atomic E-state index is -0.158. The van der Waals surface area contributed by atoms with Gasteiger partial charge in [0.2, 0.25) is 16.7 Å². The van der Waals surface area contributed by atoms with E-state index in [0.29, 0.717) is 16.5 Å². The van der Waals surface area contributed by atoms with Crippen molar-refractivity contribution in [3.8, 4) is 17.5 Å². The summed E-state index contributed by atoms with van der Waals surface area (Å²) in [4.78, 5) is 10.6. The smallest absolute Gasteiger partial charge is 0.230 e. The maximum atomic E-state index is 10.9. The molecule has 4 aromatic rings. The van der Waals surface area contributed by atoms with E-state index in [-0.39, 0.29) is 11.9 Å². The molecule has 5 heterocycles. The monoisotopic (exact) mass is 385 g/mol. The fourth-order valence-corrected chi connectivity index (χ4v) is 4.54. The van der Waals surface area contributed by atoms with Crippen molar-refractivity contribution < 1.29 is 13.9 Å². The van der Waals surface area contributed by atoms with E-state index in [9.17, 15) is 5.11 Å². The molecule has 0 aromatic carbocycles. The molecule has 1 N–H and O–H groups in total. The molecule has 1 aliphatic rings. The lowest BCUT2D eigenvalue weighted by Crippen LogP contribution is -2.46. The quantitative estimate of drug-likeness (QED) is 0.578. The zero-order chi connectivity index (χ0) is 18.4. The van der Waals surface area contributed by atoms with Crippen LogP contribution in [0.2, 0.25) is 0 Å². The number of hydrogen-bond donors (Lipinski definition) is 1. The Labute approximate surface area is 159 Å². The van der Waals surface area contributed by atoms with Crippen molar-refractivity contribution in [3.05, 3.63) is 47.4 Å². The fourth-order valence-electron chi connectivity index (χ4n) is 3.44. The highest BCUT2D eigenvalue weighted by Crippen LogP contribution is 2.40. The summed E-state index contributed by atoms with van der Waals surface area (Å²) >= 11 is 1.43. The van der Waals surface area contributed by atoms with Crippen molar-refractivity contribution in [1.82, 2.24) is 24.4 Å². The van der Waals surface area contributed by atoms with Crippen LogP contribution in [0.1, 0.15) is 16.7 Å². The molecule has 27 heavy (non-hydrogen) atoms. The molecule has 0 radical (unpaired) electrons. The number of fused-ring (bicyclic) bond motifs is 1. The molecule has 0 spiro atoms. The average molecular weight is 385 g/mol. The second-order valence-corrected chi connectivity index (χ2v) is 7.66. The molecule has 140 valence electrons. The molecule has 1 aliphatic heterocycles. The highest BCUT2D eigenvalue weighted by molar-refractivity contribution is 7.17. The second kappa shape index (κ2) is 6.52. The van der Waals surface area contributed by atoms with Crippen LogP contribution in [0.5, 0.6) is 5.88 Å². The van der Waals surface area contributed by atoms with Crippen molar-refractivity contribution in [3.63, 3.8) is 0 Å². The van der Waals surface area contributed by atoms with E-state index in [1.807, 2.05) is 12.1 Å². The SMILES string of the molecule is CN1CCN([C@H](c2ccco2)c2sc3nc(-c4ccco4)nn3c2O)CC1. The Balaban J connectivity index is 1.56. The zero-order valence-electron chi connectivity index (χ0n) is 14.8. The first kappa shape index (κ1) is 16.5. The number of likely N-dealkylation sites (N-methyl/N-ethyl adjacent to an activating group) is 1. The number of aromatic nitrogens is 3. The van der Waals surface area contributed by atoms with Gasteiger partial charge in [0.15, 0.2) is 5.76 Å². The van der Waals surface area contributed by atoms with Crippen LogP contribution in [-0.2, 0) is 0 Å². The van der Waals surface area contributed by atoms with Crippen LogP contribution in [0.4, 0.5) is 0 Å². The van der Waals surface area contributed by atoms with Crippen molar-refractivity contribution in [2.24, 2.45) is 0 Å². The van der Waals surface area contributed by atoms with Crippen LogP contribution >= 0.6 is 11.3 Å². The Morgan fingerprint density at radius 2 is 1.89 bits per heavy atom. The van der Waals surface area contributed by atoms with Crippen molar-refractivity contribution in [1.29, 1.82) is 0 Å². The summed E-state index contributed by atoms with van der Waals surface area (Å²) in [6.07, 6.45) is 3.25. The molecule has 0 amide bonds. The van der Waals surface area contributed by atoms with Gasteiger partial charge in [0, 0.05) is 26.2 Å². The lowest BCUT2D eigenvalue weighted by Gasteiger charge is -2.36. The first-order chi connectivity index (χ1) is 13.2. The number of thiazole rings is 1. The van der Waals surface area contributed by atoms with E-state index in [4.69, 9.17) is 8.83 Å². The molecule has 4 aromatic heterocycles. The Hall–Kier alpha value is -2.62. The summed E-state index contributed by atoms with van der Waals surface area (Å²) in [5.74, 6) is 1.95. The Kier molecular flexibility index (Phi) is 4.00. The summed E-state index contributed by atoms with van der Waals surface area (Å²) in [6, 6.07) is 7.26. The summed E-state index contributed by atoms with van der Waals surface area (Å²) < 4.78 is 12.5. The number of rotatable bonds is 4. The van der Waals surface area contributed by atoms with E-state index in [0.717, 1.165) is 36.8 Å². The van der Waals surface area contributed by atoms with E-state index >= 15 is 0 Å². The topological polar surface area (TPSA) is 83.2 Å². The van der Waals surface area contributed by atoms with Gasteiger partial charge < -0.3 is 18.8 Å². The lowest BCUT2D eigenvalue weighted by atomic mass is 10.1. The number of nitrogens with zero attached hydrogens (tertiary/aromatic N) is 5. The Morgan fingerprint density at radius 1 is 1.11 bits per heavy atom. The van der Waals surface area contributed by atoms with Gasteiger partial charge in [-0.15, -0.1) is 5.10 Å². The van der Waals surface area contributed by atoms with Crippen molar-refractivity contribution in [2.75, 3.05) is 33.2 Å². The van der Waals surface area contributed by atoms with Crippen LogP contribution in [0.3, 0.4) is 0 Å². The van der Waals surface area contributed by atoms with Crippen LogP contribution in [0.15, 0.2) is 45.6 Å². The van der Waals surface area contributed by atoms with Gasteiger partial charge in [-0.3, -0.25) is 4.90 Å². The predicted molar refractivity (Wildman–Crippen MR) is 99.9 cm³/mol. The van der Waals surface area contributed by atoms with Gasteiger partial charge in [-0.1, -0.05) is 11.3 Å². The largest absolute Gasteiger partial charge is 0.492 e. The van der Waals surface area contributed by atoms with Gasteiger partial charge in [-0.2, -0.15) is 9.50 Å². The van der Waals surface area contributed by atoms with Gasteiger partial charge in [0.1, 0.15) is 11.8 Å². The van der Waals surface area contributed by atoms with E-state index in [1.165, 1.54) is 15.9 Å². The van der Waals surface area contributed by atoms with Crippen molar-refractivity contribution >= 4 is 16.3 Å². The van der Waals surface area contributed by atoms with Crippen LogP contribution in [0.25, 0.3) is 16.5 Å². The molecule has 0 bridgehead atoms. The summed E-state index contributed by atoms with van der Waals surface area (Å²) in [5, 5.41) is 15.3. The number of furan rings is 2. The van der Waals surface area contributed by atoms with E-state index < -0.39 is 0 Å². The third-order valence-corrected chi connectivity index (χ3v) is 5.98. The zero-order valence-corrected chi connectivity index (χ0v) is 15.6. The normalized spacial score (nSPS) is 17.7. The molecule has 0 aliphatic carbocycles. The first-order valence-corrected chi connectivity index (χ1v) is 9.60. The van der Waals surface area contributed by atoms with Crippen LogP contribution in [-0.4, -0.2) is 62.7 Å². The van der Waals surface area contributed by atoms with Gasteiger partial charge in [0.05, 0.1) is 17.4 Å². The van der Waals surface area contributed by atoms with Gasteiger partial charge >= 0.3 is 0 Å². The molecule has 1 saturated heterocycles. The maximum Gasteiger partial charge on any atom is 0.230 e. The van der Waals surface area contributed by atoms with Gasteiger partial charge in [-0.05, 0) is 31.3 Å². The molecule has 8 nitrogen and oxygen atoms in total. The molecule has 0 unspecified atom stereocenters. The Bertz CT molecular complexity index is 1030. The minimum Gasteiger partial charge on any atom is -0.492 e. The Morgan fingerprint density at radius 3 is 2.56 bits per heavy atom. The highest BCUT2D eigenvalue weighted by Gasteiger charge is 2.33. The van der Waals surface area contributed by atoms with E-state index in [2.05, 4.69) is 26.9 Å². The van der Waals surface area contributed by atoms with Crippen LogP contribution < -0.4 is 0 Å². The van der Waals surface area contributed by atoms with Crippen LogP contribution in [0, 0.1) is 0 Å². The number of aromatic hydroxyl groups is 1. The molecule has 0 saturated carbocycles.